The fraction of sp³-hybridized carbons (Fsp3) is 0.576. The van der Waals surface area contributed by atoms with Gasteiger partial charge in [0.05, 0.1) is 33.8 Å². The number of ketones is 1. The standard InChI is InChI=1S/C33H41F3N4O4S/c1-16(2)22(39-29(43)44-30(4,5)6)24-21(25(41)18-10-9-11-19(23(18)38-24)33(34,35)36)27(42)32-20(31(32,7)8)13-12-17(3)26(32)40-28-37-14-15-45-28/h9-11,14-17,20,22,26H,12-13H2,1-8H3,(H,37,40)(H,38,41)(H,39,43)/t17?,20?,22?,26-,32?/m0/s1. The molecule has 0 spiro atoms. The number of aromatic amines is 1. The molecule has 244 valence electrons. The third-order valence-electron chi connectivity index (χ3n) is 9.71. The maximum absolute atomic E-state index is 15.2. The van der Waals surface area contributed by atoms with E-state index in [1.54, 1.807) is 40.8 Å². The first-order chi connectivity index (χ1) is 20.8. The Hall–Kier alpha value is -3.41. The van der Waals surface area contributed by atoms with Gasteiger partial charge >= 0.3 is 12.3 Å². The largest absolute Gasteiger partial charge is 0.444 e. The van der Waals surface area contributed by atoms with E-state index in [1.165, 1.54) is 23.5 Å². The van der Waals surface area contributed by atoms with E-state index < -0.39 is 63.0 Å². The summed E-state index contributed by atoms with van der Waals surface area (Å²) >= 11 is 1.41. The highest BCUT2D eigenvalue weighted by atomic mass is 32.1. The summed E-state index contributed by atoms with van der Waals surface area (Å²) in [6.45, 7) is 14.7. The molecule has 2 saturated carbocycles. The van der Waals surface area contributed by atoms with Crippen LogP contribution in [0.5, 0.6) is 0 Å². The van der Waals surface area contributed by atoms with E-state index in [0.717, 1.165) is 18.9 Å². The summed E-state index contributed by atoms with van der Waals surface area (Å²) in [5, 5.41) is 8.50. The molecule has 0 aliphatic heterocycles. The number of pyridine rings is 1. The molecule has 2 aliphatic carbocycles. The highest BCUT2D eigenvalue weighted by Gasteiger charge is 2.79. The molecule has 0 bridgehead atoms. The van der Waals surface area contributed by atoms with E-state index >= 15 is 4.79 Å². The minimum Gasteiger partial charge on any atom is -0.444 e. The number of alkyl halides is 3. The molecule has 3 N–H and O–H groups in total. The van der Waals surface area contributed by atoms with Crippen LogP contribution < -0.4 is 16.1 Å². The Morgan fingerprint density at radius 3 is 2.42 bits per heavy atom. The molecule has 3 aromatic rings. The normalized spacial score (nSPS) is 25.0. The molecule has 5 atom stereocenters. The monoisotopic (exact) mass is 646 g/mol. The van der Waals surface area contributed by atoms with Crippen molar-refractivity contribution in [1.29, 1.82) is 0 Å². The number of ether oxygens (including phenoxy) is 1. The number of Topliss-reactive ketones (excluding diaryl/α,β-unsaturated/α-hetero) is 1. The Morgan fingerprint density at radius 1 is 1.16 bits per heavy atom. The van der Waals surface area contributed by atoms with Gasteiger partial charge in [0.1, 0.15) is 5.60 Å². The van der Waals surface area contributed by atoms with Gasteiger partial charge in [-0.2, -0.15) is 13.2 Å². The van der Waals surface area contributed by atoms with E-state index in [0.29, 0.717) is 5.13 Å². The summed E-state index contributed by atoms with van der Waals surface area (Å²) in [7, 11) is 0. The van der Waals surface area contributed by atoms with Crippen molar-refractivity contribution < 1.29 is 27.5 Å². The number of carbonyl (C=O) groups is 2. The maximum atomic E-state index is 15.2. The summed E-state index contributed by atoms with van der Waals surface area (Å²) in [6, 6.07) is 1.94. The smallest absolute Gasteiger partial charge is 0.418 e. The van der Waals surface area contributed by atoms with Crippen LogP contribution in [-0.4, -0.2) is 33.5 Å². The number of nitrogens with one attached hydrogen (secondary N) is 3. The Kier molecular flexibility index (Phi) is 8.16. The third kappa shape index (κ3) is 5.53. The van der Waals surface area contributed by atoms with Crippen LogP contribution in [0.2, 0.25) is 0 Å². The number of benzene rings is 1. The minimum absolute atomic E-state index is 0.0384. The molecule has 2 aromatic heterocycles. The first-order valence-corrected chi connectivity index (χ1v) is 16.2. The fourth-order valence-electron chi connectivity index (χ4n) is 7.67. The number of amides is 1. The van der Waals surface area contributed by atoms with Crippen LogP contribution in [-0.2, 0) is 10.9 Å². The number of carbonyl (C=O) groups excluding carboxylic acids is 2. The van der Waals surface area contributed by atoms with Gasteiger partial charge in [0.15, 0.2) is 10.9 Å². The van der Waals surface area contributed by atoms with Crippen molar-refractivity contribution >= 4 is 39.2 Å². The number of nitrogens with zero attached hydrogens (tertiary/aromatic N) is 1. The van der Waals surface area contributed by atoms with Crippen molar-refractivity contribution in [2.45, 2.75) is 92.1 Å². The predicted molar refractivity (Wildman–Crippen MR) is 168 cm³/mol. The lowest BCUT2D eigenvalue weighted by Crippen LogP contribution is -2.48. The molecular formula is C33H41F3N4O4S. The van der Waals surface area contributed by atoms with Crippen LogP contribution in [0.15, 0.2) is 34.6 Å². The lowest BCUT2D eigenvalue weighted by atomic mass is 9.71. The summed E-state index contributed by atoms with van der Waals surface area (Å²) < 4.78 is 48.2. The van der Waals surface area contributed by atoms with E-state index in [9.17, 15) is 22.8 Å². The van der Waals surface area contributed by atoms with Crippen molar-refractivity contribution in [3.8, 4) is 0 Å². The third-order valence-corrected chi connectivity index (χ3v) is 10.4. The van der Waals surface area contributed by atoms with Gasteiger partial charge in [-0.1, -0.05) is 40.7 Å². The number of halogens is 3. The number of rotatable bonds is 7. The van der Waals surface area contributed by atoms with Crippen LogP contribution in [0, 0.1) is 28.6 Å². The number of hydrogen-bond acceptors (Lipinski definition) is 7. The van der Waals surface area contributed by atoms with Crippen molar-refractivity contribution in [3.63, 3.8) is 0 Å². The second kappa shape index (κ2) is 11.1. The Labute approximate surface area is 264 Å². The number of anilines is 1. The van der Waals surface area contributed by atoms with Crippen LogP contribution in [0.25, 0.3) is 10.9 Å². The number of H-pyrrole nitrogens is 1. The number of aromatic nitrogens is 2. The first-order valence-electron chi connectivity index (χ1n) is 15.3. The van der Waals surface area contributed by atoms with Crippen molar-refractivity contribution in [2.24, 2.45) is 28.6 Å². The quantitative estimate of drug-likeness (QED) is 0.225. The van der Waals surface area contributed by atoms with Gasteiger partial charge in [-0.15, -0.1) is 11.3 Å². The highest BCUT2D eigenvalue weighted by molar-refractivity contribution is 7.13. The van der Waals surface area contributed by atoms with Crippen LogP contribution >= 0.6 is 11.3 Å². The second-order valence-corrected chi connectivity index (χ2v) is 15.2. The molecule has 0 radical (unpaired) electrons. The molecule has 0 saturated heterocycles. The van der Waals surface area contributed by atoms with Gasteiger partial charge in [-0.05, 0) is 68.9 Å². The molecule has 2 heterocycles. The van der Waals surface area contributed by atoms with Gasteiger partial charge in [0.25, 0.3) is 0 Å². The molecule has 2 fully saturated rings. The topological polar surface area (TPSA) is 113 Å². The molecule has 2 aliphatic rings. The zero-order valence-corrected chi connectivity index (χ0v) is 27.6. The van der Waals surface area contributed by atoms with Gasteiger partial charge in [-0.3, -0.25) is 9.59 Å². The van der Waals surface area contributed by atoms with E-state index in [4.69, 9.17) is 4.74 Å². The summed E-state index contributed by atoms with van der Waals surface area (Å²) in [6.07, 6.45) is -2.30. The molecule has 1 amide bonds. The first kappa shape index (κ1) is 33.0. The average molecular weight is 647 g/mol. The van der Waals surface area contributed by atoms with Crippen molar-refractivity contribution in [1.82, 2.24) is 15.3 Å². The van der Waals surface area contributed by atoms with Crippen LogP contribution in [0.1, 0.15) is 95.9 Å². The second-order valence-electron chi connectivity index (χ2n) is 14.3. The van der Waals surface area contributed by atoms with Crippen LogP contribution in [0.3, 0.4) is 0 Å². The number of thiazole rings is 1. The Bertz CT molecular complexity index is 1680. The summed E-state index contributed by atoms with van der Waals surface area (Å²) in [5.41, 5.74) is -4.98. The van der Waals surface area contributed by atoms with E-state index in [2.05, 4.69) is 27.5 Å². The van der Waals surface area contributed by atoms with Gasteiger partial charge in [0.2, 0.25) is 5.43 Å². The average Bonchev–Trinajstić information content (AvgIpc) is 3.20. The van der Waals surface area contributed by atoms with Gasteiger partial charge < -0.3 is 20.4 Å². The number of para-hydroxylation sites is 1. The zero-order valence-electron chi connectivity index (χ0n) is 26.8. The Morgan fingerprint density at radius 2 is 1.84 bits per heavy atom. The highest BCUT2D eigenvalue weighted by Crippen LogP contribution is 2.76. The Balaban J connectivity index is 1.77. The number of fused-ring (bicyclic) bond motifs is 2. The maximum Gasteiger partial charge on any atom is 0.418 e. The van der Waals surface area contributed by atoms with Crippen molar-refractivity contribution in [3.05, 3.63) is 56.8 Å². The molecule has 45 heavy (non-hydrogen) atoms. The van der Waals surface area contributed by atoms with Crippen molar-refractivity contribution in [2.75, 3.05) is 5.32 Å². The van der Waals surface area contributed by atoms with E-state index in [1.807, 2.05) is 19.2 Å². The molecule has 12 heteroatoms. The summed E-state index contributed by atoms with van der Waals surface area (Å²) in [5.74, 6) is -0.918. The van der Waals surface area contributed by atoms with Crippen LogP contribution in [0.4, 0.5) is 23.1 Å². The lowest BCUT2D eigenvalue weighted by Gasteiger charge is -2.38. The van der Waals surface area contributed by atoms with Gasteiger partial charge in [-0.25, -0.2) is 9.78 Å². The molecule has 1 aromatic carbocycles. The van der Waals surface area contributed by atoms with Gasteiger partial charge in [0, 0.05) is 23.0 Å². The lowest BCUT2D eigenvalue weighted by molar-refractivity contribution is -0.136. The molecule has 5 rings (SSSR count). The summed E-state index contributed by atoms with van der Waals surface area (Å²) in [4.78, 5) is 50.0. The number of hydrogen-bond donors (Lipinski definition) is 3. The predicted octanol–water partition coefficient (Wildman–Crippen LogP) is 7.96. The zero-order chi connectivity index (χ0) is 33.3. The molecular weight excluding hydrogens is 605 g/mol. The minimum atomic E-state index is -4.78. The molecule has 4 unspecified atom stereocenters. The van der Waals surface area contributed by atoms with E-state index in [-0.39, 0.29) is 34.5 Å². The number of alkyl carbamates (subject to hydrolysis) is 1. The SMILES string of the molecule is CC(C)C(NC(=O)OC(C)(C)C)c1[nH]c2c(C(F)(F)F)cccc2c(=O)c1C(=O)C12C(CCC(C)[C@@H]1Nc1nccs1)C2(C)C. The fourth-order valence-corrected chi connectivity index (χ4v) is 8.24. The molecule has 8 nitrogen and oxygen atoms in total.